The number of alkyl halides is 6. The van der Waals surface area contributed by atoms with Crippen LogP contribution in [0.5, 0.6) is 0 Å². The second kappa shape index (κ2) is 4.87. The maximum atomic E-state index is 13.0. The first-order valence-corrected chi connectivity index (χ1v) is 6.55. The predicted octanol–water partition coefficient (Wildman–Crippen LogP) is 3.68. The zero-order valence-corrected chi connectivity index (χ0v) is 11.1. The van der Waals surface area contributed by atoms with Crippen molar-refractivity contribution in [2.45, 2.75) is 24.7 Å². The molecule has 3 rings (SSSR count). The number of nitrogens with zero attached hydrogens (tertiary/aromatic N) is 1. The third kappa shape index (κ3) is 2.65. The maximum absolute atomic E-state index is 13.0. The predicted molar refractivity (Wildman–Crippen MR) is 66.3 cm³/mol. The summed E-state index contributed by atoms with van der Waals surface area (Å²) in [4.78, 5) is 6.51. The van der Waals surface area contributed by atoms with Gasteiger partial charge in [-0.2, -0.15) is 26.3 Å². The van der Waals surface area contributed by atoms with Gasteiger partial charge < -0.3 is 10.3 Å². The minimum absolute atomic E-state index is 0.111. The fraction of sp³-hybridized carbons (Fsp3) is 0.462. The summed E-state index contributed by atoms with van der Waals surface area (Å²) in [6, 6.07) is 0.781. The Balaban J connectivity index is 2.20. The molecule has 0 bridgehead atoms. The summed E-state index contributed by atoms with van der Waals surface area (Å²) in [5, 5.41) is 3.03. The van der Waals surface area contributed by atoms with Crippen molar-refractivity contribution in [3.63, 3.8) is 0 Å². The largest absolute Gasteiger partial charge is 0.418 e. The minimum atomic E-state index is -4.90. The number of H-pyrrole nitrogens is 1. The Hall–Kier alpha value is -1.77. The monoisotopic (exact) mass is 323 g/mol. The second-order valence-electron chi connectivity index (χ2n) is 5.23. The first kappa shape index (κ1) is 15.1. The van der Waals surface area contributed by atoms with Crippen LogP contribution in [0.1, 0.15) is 29.3 Å². The molecule has 0 saturated carbocycles. The number of nitrogens with one attached hydrogen (secondary N) is 2. The fourth-order valence-electron chi connectivity index (χ4n) is 2.60. The number of hydrogen-bond acceptors (Lipinski definition) is 2. The standard InChI is InChI=1S/C13H11F6N3/c14-12(15,16)7-3-8(13(17,18)19)10-9(4-7)21-11(22-10)6-1-2-20-5-6/h3-4,6,20H,1-2,5H2,(H,21,22). The normalized spacial score (nSPS) is 20.0. The number of rotatable bonds is 1. The molecular formula is C13H11F6N3. The molecule has 1 aliphatic rings. The average molecular weight is 323 g/mol. The number of aromatic nitrogens is 2. The SMILES string of the molecule is FC(F)(F)c1cc(C(F)(F)F)c2nc(C3CCNC3)[nH]c2c1. The van der Waals surface area contributed by atoms with Crippen LogP contribution < -0.4 is 5.32 Å². The molecular weight excluding hydrogens is 312 g/mol. The van der Waals surface area contributed by atoms with Gasteiger partial charge in [0.15, 0.2) is 0 Å². The molecule has 2 heterocycles. The van der Waals surface area contributed by atoms with Gasteiger partial charge in [0.05, 0.1) is 16.6 Å². The Bertz CT molecular complexity index is 694. The Morgan fingerprint density at radius 2 is 1.77 bits per heavy atom. The summed E-state index contributed by atoms with van der Waals surface area (Å²) in [6.45, 7) is 1.23. The third-order valence-corrected chi connectivity index (χ3v) is 3.68. The maximum Gasteiger partial charge on any atom is 0.418 e. The Morgan fingerprint density at radius 3 is 2.32 bits per heavy atom. The van der Waals surface area contributed by atoms with Gasteiger partial charge in [-0.25, -0.2) is 4.98 Å². The van der Waals surface area contributed by atoms with Crippen molar-refractivity contribution in [1.82, 2.24) is 15.3 Å². The lowest BCUT2D eigenvalue weighted by Crippen LogP contribution is -2.11. The quantitative estimate of drug-likeness (QED) is 0.786. The fourth-order valence-corrected chi connectivity index (χ4v) is 2.60. The molecule has 22 heavy (non-hydrogen) atoms. The van der Waals surface area contributed by atoms with Crippen molar-refractivity contribution in [2.24, 2.45) is 0 Å². The number of fused-ring (bicyclic) bond motifs is 1. The van der Waals surface area contributed by atoms with E-state index in [4.69, 9.17) is 0 Å². The van der Waals surface area contributed by atoms with Crippen LogP contribution in [-0.2, 0) is 12.4 Å². The highest BCUT2D eigenvalue weighted by Crippen LogP contribution is 2.39. The molecule has 1 aliphatic heterocycles. The molecule has 1 atom stereocenters. The van der Waals surface area contributed by atoms with Crippen molar-refractivity contribution >= 4 is 11.0 Å². The molecule has 1 fully saturated rings. The summed E-state index contributed by atoms with van der Waals surface area (Å²) in [5.41, 5.74) is -3.43. The van der Waals surface area contributed by atoms with Gasteiger partial charge in [0.1, 0.15) is 11.3 Å². The lowest BCUT2D eigenvalue weighted by Gasteiger charge is -2.11. The highest BCUT2D eigenvalue weighted by atomic mass is 19.4. The van der Waals surface area contributed by atoms with E-state index in [0.717, 1.165) is 0 Å². The molecule has 0 aliphatic carbocycles. The molecule has 0 radical (unpaired) electrons. The molecule has 2 N–H and O–H groups in total. The number of hydrogen-bond donors (Lipinski definition) is 2. The Labute approximate surface area is 120 Å². The van der Waals surface area contributed by atoms with E-state index in [0.29, 0.717) is 25.6 Å². The summed E-state index contributed by atoms with van der Waals surface area (Å²) in [5.74, 6) is 0.160. The summed E-state index contributed by atoms with van der Waals surface area (Å²) in [6.07, 6.45) is -9.08. The minimum Gasteiger partial charge on any atom is -0.342 e. The van der Waals surface area contributed by atoms with Gasteiger partial charge in [-0.15, -0.1) is 0 Å². The number of halogens is 6. The zero-order valence-electron chi connectivity index (χ0n) is 11.1. The topological polar surface area (TPSA) is 40.7 Å². The van der Waals surface area contributed by atoms with E-state index < -0.39 is 29.0 Å². The molecule has 0 spiro atoms. The van der Waals surface area contributed by atoms with E-state index in [1.165, 1.54) is 0 Å². The van der Waals surface area contributed by atoms with Gasteiger partial charge in [0, 0.05) is 12.5 Å². The van der Waals surface area contributed by atoms with E-state index in [-0.39, 0.29) is 23.3 Å². The molecule has 3 nitrogen and oxygen atoms in total. The number of imidazole rings is 1. The van der Waals surface area contributed by atoms with Crippen molar-refractivity contribution in [3.05, 3.63) is 29.1 Å². The lowest BCUT2D eigenvalue weighted by molar-refractivity contribution is -0.142. The number of aromatic amines is 1. The molecule has 0 amide bonds. The highest BCUT2D eigenvalue weighted by Gasteiger charge is 2.39. The van der Waals surface area contributed by atoms with E-state index >= 15 is 0 Å². The van der Waals surface area contributed by atoms with Crippen LogP contribution in [0.2, 0.25) is 0 Å². The summed E-state index contributed by atoms with van der Waals surface area (Å²) < 4.78 is 77.5. The van der Waals surface area contributed by atoms with Crippen LogP contribution >= 0.6 is 0 Å². The molecule has 1 saturated heterocycles. The molecule has 1 aromatic carbocycles. The molecule has 9 heteroatoms. The van der Waals surface area contributed by atoms with Gasteiger partial charge in [0.25, 0.3) is 0 Å². The first-order chi connectivity index (χ1) is 10.2. The van der Waals surface area contributed by atoms with Crippen LogP contribution in [0.4, 0.5) is 26.3 Å². The van der Waals surface area contributed by atoms with Crippen LogP contribution in [-0.4, -0.2) is 23.1 Å². The van der Waals surface area contributed by atoms with Gasteiger partial charge >= 0.3 is 12.4 Å². The number of benzene rings is 1. The summed E-state index contributed by atoms with van der Waals surface area (Å²) in [7, 11) is 0. The van der Waals surface area contributed by atoms with Gasteiger partial charge in [-0.3, -0.25) is 0 Å². The third-order valence-electron chi connectivity index (χ3n) is 3.68. The molecule has 1 aromatic heterocycles. The molecule has 2 aromatic rings. The van der Waals surface area contributed by atoms with Crippen molar-refractivity contribution in [1.29, 1.82) is 0 Å². The smallest absolute Gasteiger partial charge is 0.342 e. The zero-order chi connectivity index (χ0) is 16.1. The second-order valence-corrected chi connectivity index (χ2v) is 5.23. The van der Waals surface area contributed by atoms with E-state index in [1.807, 2.05) is 0 Å². The Morgan fingerprint density at radius 1 is 1.05 bits per heavy atom. The van der Waals surface area contributed by atoms with Crippen LogP contribution in [0, 0.1) is 0 Å². The van der Waals surface area contributed by atoms with E-state index in [9.17, 15) is 26.3 Å². The van der Waals surface area contributed by atoms with Crippen molar-refractivity contribution < 1.29 is 26.3 Å². The highest BCUT2D eigenvalue weighted by molar-refractivity contribution is 5.80. The average Bonchev–Trinajstić information content (AvgIpc) is 3.03. The van der Waals surface area contributed by atoms with E-state index in [2.05, 4.69) is 15.3 Å². The Kier molecular flexibility index (Phi) is 3.35. The first-order valence-electron chi connectivity index (χ1n) is 6.55. The molecule has 120 valence electrons. The van der Waals surface area contributed by atoms with E-state index in [1.54, 1.807) is 0 Å². The van der Waals surface area contributed by atoms with Gasteiger partial charge in [0.2, 0.25) is 0 Å². The van der Waals surface area contributed by atoms with Crippen LogP contribution in [0.25, 0.3) is 11.0 Å². The van der Waals surface area contributed by atoms with Crippen LogP contribution in [0.3, 0.4) is 0 Å². The van der Waals surface area contributed by atoms with Crippen molar-refractivity contribution in [2.75, 3.05) is 13.1 Å². The van der Waals surface area contributed by atoms with Crippen LogP contribution in [0.15, 0.2) is 12.1 Å². The van der Waals surface area contributed by atoms with Crippen molar-refractivity contribution in [3.8, 4) is 0 Å². The van der Waals surface area contributed by atoms with Gasteiger partial charge in [-0.1, -0.05) is 0 Å². The summed E-state index contributed by atoms with van der Waals surface area (Å²) >= 11 is 0. The van der Waals surface area contributed by atoms with Gasteiger partial charge in [-0.05, 0) is 25.1 Å². The lowest BCUT2D eigenvalue weighted by atomic mass is 10.1. The molecule has 1 unspecified atom stereocenters.